The van der Waals surface area contributed by atoms with Gasteiger partial charge in [-0.3, -0.25) is 9.59 Å². The van der Waals surface area contributed by atoms with Crippen LogP contribution in [0.15, 0.2) is 53.4 Å². The van der Waals surface area contributed by atoms with Crippen LogP contribution in [0.25, 0.3) is 0 Å². The van der Waals surface area contributed by atoms with Crippen LogP contribution in [0, 0.1) is 0 Å². The van der Waals surface area contributed by atoms with Crippen molar-refractivity contribution < 1.29 is 27.5 Å². The molecule has 2 fully saturated rings. The number of hydrogen-bond donors (Lipinski definition) is 1. The summed E-state index contributed by atoms with van der Waals surface area (Å²) in [6, 6.07) is 12.6. The highest BCUT2D eigenvalue weighted by molar-refractivity contribution is 7.99. The van der Waals surface area contributed by atoms with E-state index in [9.17, 15) is 18.0 Å². The molecule has 0 aromatic heterocycles. The second-order valence-electron chi connectivity index (χ2n) is 7.53. The average molecular weight is 492 g/mol. The molecule has 11 heteroatoms. The highest BCUT2D eigenvalue weighted by Crippen LogP contribution is 2.31. The van der Waals surface area contributed by atoms with Gasteiger partial charge in [0.2, 0.25) is 15.9 Å². The summed E-state index contributed by atoms with van der Waals surface area (Å²) in [4.78, 5) is 27.4. The molecule has 1 atom stereocenters. The molecular formula is C22H25N3O6S2. The predicted octanol–water partition coefficient (Wildman–Crippen LogP) is 1.87. The Hall–Kier alpha value is -2.60. The van der Waals surface area contributed by atoms with Crippen molar-refractivity contribution in [3.8, 4) is 5.75 Å². The average Bonchev–Trinajstić information content (AvgIpc) is 3.35. The molecule has 2 aliphatic rings. The number of rotatable bonds is 6. The van der Waals surface area contributed by atoms with E-state index in [1.807, 2.05) is 6.07 Å². The maximum atomic E-state index is 13.2. The van der Waals surface area contributed by atoms with Crippen molar-refractivity contribution in [2.75, 3.05) is 50.4 Å². The van der Waals surface area contributed by atoms with Crippen LogP contribution < -0.4 is 10.1 Å². The van der Waals surface area contributed by atoms with E-state index in [1.165, 1.54) is 40.2 Å². The van der Waals surface area contributed by atoms with Gasteiger partial charge >= 0.3 is 0 Å². The molecule has 2 aromatic carbocycles. The van der Waals surface area contributed by atoms with Crippen LogP contribution >= 0.6 is 11.8 Å². The number of sulfonamides is 1. The van der Waals surface area contributed by atoms with Gasteiger partial charge in [0.1, 0.15) is 16.7 Å². The Balaban J connectivity index is 1.54. The number of nitrogens with one attached hydrogen (secondary N) is 1. The lowest BCUT2D eigenvalue weighted by Crippen LogP contribution is -2.44. The summed E-state index contributed by atoms with van der Waals surface area (Å²) >= 11 is 1.49. The van der Waals surface area contributed by atoms with Crippen LogP contribution in [0.3, 0.4) is 0 Å². The molecule has 0 unspecified atom stereocenters. The Bertz CT molecular complexity index is 1120. The lowest BCUT2D eigenvalue weighted by Gasteiger charge is -2.27. The van der Waals surface area contributed by atoms with Gasteiger partial charge in [0.25, 0.3) is 5.91 Å². The standard InChI is InChI=1S/C22H25N3O6S2/c1-30-19-8-7-17(13-20(19)33(28,29)24-9-11-31-12-10-24)23-21(26)18-14-32-15-25(18)22(27)16-5-3-2-4-6-16/h2-8,13,18H,9-12,14-15H2,1H3,(H,23,26)/t18-/m0/s1. The van der Waals surface area contributed by atoms with Crippen LogP contribution in [0.2, 0.25) is 0 Å². The summed E-state index contributed by atoms with van der Waals surface area (Å²) in [5.41, 5.74) is 0.831. The number of morpholine rings is 1. The number of methoxy groups -OCH3 is 1. The Morgan fingerprint density at radius 2 is 1.85 bits per heavy atom. The molecule has 33 heavy (non-hydrogen) atoms. The predicted molar refractivity (Wildman–Crippen MR) is 125 cm³/mol. The lowest BCUT2D eigenvalue weighted by molar-refractivity contribution is -0.119. The van der Waals surface area contributed by atoms with Crippen LogP contribution in [-0.2, 0) is 19.6 Å². The number of hydrogen-bond acceptors (Lipinski definition) is 7. The fourth-order valence-corrected chi connectivity index (χ4v) is 6.46. The van der Waals surface area contributed by atoms with Gasteiger partial charge in [0, 0.05) is 30.1 Å². The Morgan fingerprint density at radius 1 is 1.12 bits per heavy atom. The maximum absolute atomic E-state index is 13.2. The SMILES string of the molecule is COc1ccc(NC(=O)[C@@H]2CSCN2C(=O)c2ccccc2)cc1S(=O)(=O)N1CCOCC1. The molecule has 2 aliphatic heterocycles. The quantitative estimate of drug-likeness (QED) is 0.658. The fourth-order valence-electron chi connectivity index (χ4n) is 3.71. The van der Waals surface area contributed by atoms with Gasteiger partial charge in [-0.1, -0.05) is 18.2 Å². The first-order valence-electron chi connectivity index (χ1n) is 10.4. The number of benzene rings is 2. The summed E-state index contributed by atoms with van der Waals surface area (Å²) in [6.07, 6.45) is 0. The number of thioether (sulfide) groups is 1. The molecule has 2 heterocycles. The van der Waals surface area contributed by atoms with E-state index in [-0.39, 0.29) is 35.5 Å². The monoisotopic (exact) mass is 491 g/mol. The zero-order valence-corrected chi connectivity index (χ0v) is 19.7. The van der Waals surface area contributed by atoms with Crippen LogP contribution in [0.4, 0.5) is 5.69 Å². The first kappa shape index (κ1) is 23.6. The van der Waals surface area contributed by atoms with Crippen molar-refractivity contribution in [1.29, 1.82) is 0 Å². The zero-order valence-electron chi connectivity index (χ0n) is 18.1. The lowest BCUT2D eigenvalue weighted by atomic mass is 10.1. The van der Waals surface area contributed by atoms with E-state index in [1.54, 1.807) is 30.3 Å². The summed E-state index contributed by atoms with van der Waals surface area (Å²) in [6.45, 7) is 1.14. The number of ether oxygens (including phenoxy) is 2. The van der Waals surface area contributed by atoms with Gasteiger partial charge in [-0.05, 0) is 30.3 Å². The Kier molecular flexibility index (Phi) is 7.23. The van der Waals surface area contributed by atoms with Crippen molar-refractivity contribution >= 4 is 39.3 Å². The maximum Gasteiger partial charge on any atom is 0.255 e. The van der Waals surface area contributed by atoms with Crippen molar-refractivity contribution in [2.24, 2.45) is 0 Å². The van der Waals surface area contributed by atoms with Crippen molar-refractivity contribution in [2.45, 2.75) is 10.9 Å². The zero-order chi connectivity index (χ0) is 23.4. The third-order valence-corrected chi connectivity index (χ3v) is 8.42. The largest absolute Gasteiger partial charge is 0.495 e. The van der Waals surface area contributed by atoms with Gasteiger partial charge < -0.3 is 19.7 Å². The van der Waals surface area contributed by atoms with E-state index in [0.717, 1.165) is 0 Å². The summed E-state index contributed by atoms with van der Waals surface area (Å²) in [5.74, 6) is 0.469. The molecule has 0 bridgehead atoms. The molecule has 2 amide bonds. The third kappa shape index (κ3) is 5.01. The smallest absolute Gasteiger partial charge is 0.255 e. The minimum Gasteiger partial charge on any atom is -0.495 e. The van der Waals surface area contributed by atoms with Crippen molar-refractivity contribution in [3.05, 3.63) is 54.1 Å². The van der Waals surface area contributed by atoms with Gasteiger partial charge in [-0.15, -0.1) is 11.8 Å². The molecule has 1 N–H and O–H groups in total. The molecule has 0 saturated carbocycles. The second-order valence-corrected chi connectivity index (χ2v) is 10.4. The minimum atomic E-state index is -3.83. The van der Waals surface area contributed by atoms with Gasteiger partial charge in [0.15, 0.2) is 0 Å². The highest BCUT2D eigenvalue weighted by Gasteiger charge is 2.35. The molecule has 0 radical (unpaired) electrons. The van der Waals surface area contributed by atoms with E-state index < -0.39 is 16.1 Å². The van der Waals surface area contributed by atoms with Gasteiger partial charge in [-0.25, -0.2) is 8.42 Å². The minimum absolute atomic E-state index is 0.0253. The molecule has 2 saturated heterocycles. The van der Waals surface area contributed by atoms with E-state index >= 15 is 0 Å². The van der Waals surface area contributed by atoms with Crippen LogP contribution in [0.5, 0.6) is 5.75 Å². The summed E-state index contributed by atoms with van der Waals surface area (Å²) in [7, 11) is -2.44. The van der Waals surface area contributed by atoms with Crippen LogP contribution in [0.1, 0.15) is 10.4 Å². The topological polar surface area (TPSA) is 105 Å². The number of anilines is 1. The molecule has 9 nitrogen and oxygen atoms in total. The third-order valence-electron chi connectivity index (χ3n) is 5.49. The number of nitrogens with zero attached hydrogens (tertiary/aromatic N) is 2. The van der Waals surface area contributed by atoms with Gasteiger partial charge in [0.05, 0.1) is 26.2 Å². The number of carbonyl (C=O) groups is 2. The first-order chi connectivity index (χ1) is 15.9. The van der Waals surface area contributed by atoms with E-state index in [0.29, 0.717) is 36.1 Å². The fraction of sp³-hybridized carbons (Fsp3) is 0.364. The highest BCUT2D eigenvalue weighted by atomic mass is 32.2. The molecule has 0 spiro atoms. The molecule has 0 aliphatic carbocycles. The summed E-state index contributed by atoms with van der Waals surface area (Å²) in [5, 5.41) is 2.78. The Morgan fingerprint density at radius 3 is 2.55 bits per heavy atom. The number of carbonyl (C=O) groups excluding carboxylic acids is 2. The molecule has 4 rings (SSSR count). The Labute approximate surface area is 197 Å². The molecule has 2 aromatic rings. The summed E-state index contributed by atoms with van der Waals surface area (Å²) < 4.78 is 38.2. The second kappa shape index (κ2) is 10.1. The van der Waals surface area contributed by atoms with Gasteiger partial charge in [-0.2, -0.15) is 4.31 Å². The van der Waals surface area contributed by atoms with Crippen molar-refractivity contribution in [1.82, 2.24) is 9.21 Å². The van der Waals surface area contributed by atoms with E-state index in [4.69, 9.17) is 9.47 Å². The molecule has 176 valence electrons. The van der Waals surface area contributed by atoms with Crippen molar-refractivity contribution in [3.63, 3.8) is 0 Å². The number of amides is 2. The van der Waals surface area contributed by atoms with Crippen LogP contribution in [-0.4, -0.2) is 80.5 Å². The molecular weight excluding hydrogens is 466 g/mol. The van der Waals surface area contributed by atoms with E-state index in [2.05, 4.69) is 5.32 Å². The first-order valence-corrected chi connectivity index (χ1v) is 13.0. The normalized spacial score (nSPS) is 19.3.